The summed E-state index contributed by atoms with van der Waals surface area (Å²) in [5.41, 5.74) is 0.925. The molecule has 2 aromatic rings. The number of aromatic carboxylic acids is 1. The van der Waals surface area contributed by atoms with Gasteiger partial charge < -0.3 is 10.4 Å². The van der Waals surface area contributed by atoms with Gasteiger partial charge in [-0.2, -0.15) is 4.37 Å². The second kappa shape index (κ2) is 5.66. The maximum Gasteiger partial charge on any atom is 0.340 e. The van der Waals surface area contributed by atoms with Gasteiger partial charge in [-0.25, -0.2) is 4.79 Å². The third kappa shape index (κ3) is 3.10. The summed E-state index contributed by atoms with van der Waals surface area (Å²) in [5.74, 6) is -1.44. The standard InChI is InChI=1S/C12H9IN2O3S/c1-6-9(12(17)18)11(19-15-6)14-10(16)7-3-2-4-8(13)5-7/h2-5H,1H3,(H,14,16)(H,17,18). The molecule has 7 heteroatoms. The molecule has 0 spiro atoms. The fraction of sp³-hybridized carbons (Fsp3) is 0.0833. The number of nitrogens with one attached hydrogen (secondary N) is 1. The molecule has 1 aromatic carbocycles. The first-order valence-corrected chi connectivity index (χ1v) is 7.10. The van der Waals surface area contributed by atoms with Crippen LogP contribution in [-0.4, -0.2) is 21.4 Å². The predicted molar refractivity (Wildman–Crippen MR) is 80.9 cm³/mol. The van der Waals surface area contributed by atoms with Gasteiger partial charge in [0.25, 0.3) is 5.91 Å². The number of nitrogens with zero attached hydrogens (tertiary/aromatic N) is 1. The van der Waals surface area contributed by atoms with Gasteiger partial charge in [0.2, 0.25) is 0 Å². The Morgan fingerprint density at radius 3 is 2.79 bits per heavy atom. The Labute approximate surface area is 127 Å². The van der Waals surface area contributed by atoms with Crippen molar-refractivity contribution in [2.24, 2.45) is 0 Å². The number of aryl methyl sites for hydroxylation is 1. The Morgan fingerprint density at radius 1 is 1.42 bits per heavy atom. The number of carboxylic acids is 1. The lowest BCUT2D eigenvalue weighted by atomic mass is 10.2. The van der Waals surface area contributed by atoms with Crippen LogP contribution in [0.2, 0.25) is 0 Å². The molecule has 0 bridgehead atoms. The number of carboxylic acid groups (broad SMARTS) is 1. The van der Waals surface area contributed by atoms with Crippen LogP contribution in [0.3, 0.4) is 0 Å². The lowest BCUT2D eigenvalue weighted by Crippen LogP contribution is -2.13. The molecule has 0 unspecified atom stereocenters. The van der Waals surface area contributed by atoms with E-state index in [4.69, 9.17) is 5.11 Å². The quantitative estimate of drug-likeness (QED) is 0.793. The summed E-state index contributed by atoms with van der Waals surface area (Å²) in [4.78, 5) is 23.1. The molecule has 2 N–H and O–H groups in total. The summed E-state index contributed by atoms with van der Waals surface area (Å²) >= 11 is 3.07. The van der Waals surface area contributed by atoms with Gasteiger partial charge in [0.1, 0.15) is 10.6 Å². The average Bonchev–Trinajstić information content (AvgIpc) is 2.70. The number of amides is 1. The zero-order chi connectivity index (χ0) is 14.0. The highest BCUT2D eigenvalue weighted by molar-refractivity contribution is 14.1. The smallest absolute Gasteiger partial charge is 0.340 e. The van der Waals surface area contributed by atoms with Crippen molar-refractivity contribution in [3.63, 3.8) is 0 Å². The summed E-state index contributed by atoms with van der Waals surface area (Å²) in [7, 11) is 0. The first-order chi connectivity index (χ1) is 8.99. The molecule has 0 atom stereocenters. The van der Waals surface area contributed by atoms with Crippen molar-refractivity contribution in [1.29, 1.82) is 0 Å². The zero-order valence-electron chi connectivity index (χ0n) is 9.81. The Kier molecular flexibility index (Phi) is 4.15. The van der Waals surface area contributed by atoms with Gasteiger partial charge in [0.15, 0.2) is 0 Å². The molecule has 1 heterocycles. The Balaban J connectivity index is 2.27. The van der Waals surface area contributed by atoms with Crippen LogP contribution < -0.4 is 5.32 Å². The maximum atomic E-state index is 12.0. The Bertz CT molecular complexity index is 654. The van der Waals surface area contributed by atoms with E-state index < -0.39 is 5.97 Å². The van der Waals surface area contributed by atoms with Crippen LogP contribution in [0.1, 0.15) is 26.4 Å². The topological polar surface area (TPSA) is 79.3 Å². The number of rotatable bonds is 3. The van der Waals surface area contributed by atoms with Crippen LogP contribution in [0.5, 0.6) is 0 Å². The maximum absolute atomic E-state index is 12.0. The molecule has 5 nitrogen and oxygen atoms in total. The van der Waals surface area contributed by atoms with Crippen LogP contribution in [0, 0.1) is 10.5 Å². The van der Waals surface area contributed by atoms with Crippen LogP contribution in [0.4, 0.5) is 5.00 Å². The minimum absolute atomic E-state index is 0.0454. The monoisotopic (exact) mass is 388 g/mol. The molecular weight excluding hydrogens is 379 g/mol. The van der Waals surface area contributed by atoms with Crippen LogP contribution >= 0.6 is 34.1 Å². The van der Waals surface area contributed by atoms with E-state index >= 15 is 0 Å². The van der Waals surface area contributed by atoms with E-state index in [-0.39, 0.29) is 16.5 Å². The fourth-order valence-electron chi connectivity index (χ4n) is 1.51. The van der Waals surface area contributed by atoms with E-state index in [9.17, 15) is 9.59 Å². The minimum Gasteiger partial charge on any atom is -0.478 e. The Hall–Kier alpha value is -1.48. The molecule has 1 amide bonds. The van der Waals surface area contributed by atoms with E-state index in [0.29, 0.717) is 11.3 Å². The zero-order valence-corrected chi connectivity index (χ0v) is 12.8. The lowest BCUT2D eigenvalue weighted by molar-refractivity contribution is 0.0697. The number of benzene rings is 1. The number of anilines is 1. The van der Waals surface area contributed by atoms with Crippen molar-refractivity contribution >= 4 is 51.0 Å². The van der Waals surface area contributed by atoms with Gasteiger partial charge in [-0.05, 0) is 59.2 Å². The van der Waals surface area contributed by atoms with Crippen molar-refractivity contribution < 1.29 is 14.7 Å². The third-order valence-electron chi connectivity index (χ3n) is 2.39. The average molecular weight is 388 g/mol. The van der Waals surface area contributed by atoms with Crippen LogP contribution in [0.15, 0.2) is 24.3 Å². The van der Waals surface area contributed by atoms with Gasteiger partial charge in [0.05, 0.1) is 5.69 Å². The molecule has 0 aliphatic heterocycles. The van der Waals surface area contributed by atoms with Crippen LogP contribution in [0.25, 0.3) is 0 Å². The summed E-state index contributed by atoms with van der Waals surface area (Å²) in [6.45, 7) is 1.60. The van der Waals surface area contributed by atoms with E-state index in [1.54, 1.807) is 25.1 Å². The number of aromatic nitrogens is 1. The van der Waals surface area contributed by atoms with Crippen LogP contribution in [-0.2, 0) is 0 Å². The van der Waals surface area contributed by atoms with Crippen molar-refractivity contribution in [3.05, 3.63) is 44.7 Å². The number of carbonyl (C=O) groups excluding carboxylic acids is 1. The molecule has 0 saturated carbocycles. The van der Waals surface area contributed by atoms with Crippen molar-refractivity contribution in [2.45, 2.75) is 6.92 Å². The highest BCUT2D eigenvalue weighted by Gasteiger charge is 2.19. The summed E-state index contributed by atoms with van der Waals surface area (Å²) in [6, 6.07) is 7.04. The number of carbonyl (C=O) groups is 2. The first kappa shape index (κ1) is 13.9. The third-order valence-corrected chi connectivity index (χ3v) is 3.92. The number of hydrogen-bond acceptors (Lipinski definition) is 4. The fourth-order valence-corrected chi connectivity index (χ4v) is 2.84. The molecular formula is C12H9IN2O3S. The van der Waals surface area contributed by atoms with E-state index in [1.807, 2.05) is 6.07 Å². The van der Waals surface area contributed by atoms with Crippen molar-refractivity contribution in [3.8, 4) is 0 Å². The predicted octanol–water partition coefficient (Wildman–Crippen LogP) is 3.01. The molecule has 0 aliphatic carbocycles. The second-order valence-electron chi connectivity index (χ2n) is 3.74. The number of halogens is 1. The molecule has 0 aliphatic rings. The Morgan fingerprint density at radius 2 is 2.16 bits per heavy atom. The lowest BCUT2D eigenvalue weighted by Gasteiger charge is -2.04. The van der Waals surface area contributed by atoms with Crippen molar-refractivity contribution in [2.75, 3.05) is 5.32 Å². The molecule has 19 heavy (non-hydrogen) atoms. The van der Waals surface area contributed by atoms with Gasteiger partial charge >= 0.3 is 5.97 Å². The summed E-state index contributed by atoms with van der Waals surface area (Å²) < 4.78 is 4.88. The van der Waals surface area contributed by atoms with E-state index in [1.165, 1.54) is 0 Å². The van der Waals surface area contributed by atoms with E-state index in [2.05, 4.69) is 32.3 Å². The molecule has 0 fully saturated rings. The molecule has 1 aromatic heterocycles. The van der Waals surface area contributed by atoms with Gasteiger partial charge in [-0.3, -0.25) is 4.79 Å². The normalized spacial score (nSPS) is 10.2. The highest BCUT2D eigenvalue weighted by atomic mass is 127. The second-order valence-corrected chi connectivity index (χ2v) is 5.76. The SMILES string of the molecule is Cc1nsc(NC(=O)c2cccc(I)c2)c1C(=O)O. The molecule has 98 valence electrons. The largest absolute Gasteiger partial charge is 0.478 e. The number of hydrogen-bond donors (Lipinski definition) is 2. The molecule has 0 saturated heterocycles. The van der Waals surface area contributed by atoms with Gasteiger partial charge in [0, 0.05) is 9.13 Å². The molecule has 2 rings (SSSR count). The van der Waals surface area contributed by atoms with Gasteiger partial charge in [-0.1, -0.05) is 6.07 Å². The summed E-state index contributed by atoms with van der Waals surface area (Å²) in [6.07, 6.45) is 0. The van der Waals surface area contributed by atoms with Gasteiger partial charge in [-0.15, -0.1) is 0 Å². The summed E-state index contributed by atoms with van der Waals surface area (Å²) in [5, 5.41) is 11.9. The minimum atomic E-state index is -1.09. The highest BCUT2D eigenvalue weighted by Crippen LogP contribution is 2.25. The van der Waals surface area contributed by atoms with E-state index in [0.717, 1.165) is 15.1 Å². The first-order valence-electron chi connectivity index (χ1n) is 5.25. The molecule has 0 radical (unpaired) electrons. The van der Waals surface area contributed by atoms with Crippen molar-refractivity contribution in [1.82, 2.24) is 4.37 Å².